The molecule has 1 aliphatic heterocycles. The Balaban J connectivity index is 1.72. The minimum atomic E-state index is -0.954. The average Bonchev–Trinajstić information content (AvgIpc) is 3.05. The number of likely N-dealkylation sites (tertiary alicyclic amines) is 1. The van der Waals surface area contributed by atoms with Gasteiger partial charge in [0.25, 0.3) is 0 Å². The third kappa shape index (κ3) is 5.27. The van der Waals surface area contributed by atoms with Crippen LogP contribution in [0.5, 0.6) is 0 Å². The molecule has 0 saturated carbocycles. The zero-order chi connectivity index (χ0) is 16.7. The van der Waals surface area contributed by atoms with Gasteiger partial charge in [0.05, 0.1) is 17.8 Å². The van der Waals surface area contributed by atoms with E-state index in [1.165, 1.54) is 19.0 Å². The molecule has 23 heavy (non-hydrogen) atoms. The van der Waals surface area contributed by atoms with Crippen LogP contribution in [0.15, 0.2) is 12.4 Å². The minimum absolute atomic E-state index is 0.186. The van der Waals surface area contributed by atoms with Crippen molar-refractivity contribution in [1.29, 1.82) is 0 Å². The Bertz CT molecular complexity index is 524. The number of unbranched alkanes of at least 4 members (excludes halogenated alkanes) is 1. The number of amides is 1. The summed E-state index contributed by atoms with van der Waals surface area (Å²) in [6, 6.07) is 0.186. The second-order valence-corrected chi connectivity index (χ2v) is 7.07. The summed E-state index contributed by atoms with van der Waals surface area (Å²) >= 11 is 1.86. The molecule has 0 spiro atoms. The number of aromatic carboxylic acids is 1. The number of carboxylic acid groups (broad SMARTS) is 1. The van der Waals surface area contributed by atoms with Crippen molar-refractivity contribution in [2.45, 2.75) is 45.1 Å². The summed E-state index contributed by atoms with van der Waals surface area (Å²) in [5.41, 5.74) is 0.215. The summed E-state index contributed by atoms with van der Waals surface area (Å²) in [6.07, 6.45) is 7.65. The lowest BCUT2D eigenvalue weighted by Crippen LogP contribution is -2.39. The normalized spacial score (nSPS) is 15.8. The van der Waals surface area contributed by atoms with Crippen LogP contribution in [0.3, 0.4) is 0 Å². The Morgan fingerprint density at radius 3 is 2.70 bits per heavy atom. The molecule has 1 aliphatic rings. The van der Waals surface area contributed by atoms with E-state index >= 15 is 0 Å². The third-order valence-corrected chi connectivity index (χ3v) is 5.21. The molecule has 6 nitrogen and oxygen atoms in total. The lowest BCUT2D eigenvalue weighted by Gasteiger charge is -2.32. The van der Waals surface area contributed by atoms with Gasteiger partial charge in [-0.25, -0.2) is 4.79 Å². The number of piperidine rings is 1. The van der Waals surface area contributed by atoms with Gasteiger partial charge in [-0.1, -0.05) is 13.3 Å². The molecule has 2 rings (SSSR count). The molecule has 0 radical (unpaired) electrons. The molecule has 1 N–H and O–H groups in total. The first-order valence-corrected chi connectivity index (χ1v) is 9.40. The Labute approximate surface area is 141 Å². The number of carbonyl (C=O) groups excluding carboxylic acids is 1. The van der Waals surface area contributed by atoms with Crippen LogP contribution in [0, 0.1) is 0 Å². The van der Waals surface area contributed by atoms with E-state index in [1.54, 1.807) is 10.9 Å². The Kier molecular flexibility index (Phi) is 6.95. The summed E-state index contributed by atoms with van der Waals surface area (Å²) in [7, 11) is 0. The molecular formula is C16H25N3O3S. The molecule has 0 aliphatic carbocycles. The van der Waals surface area contributed by atoms with Gasteiger partial charge in [-0.3, -0.25) is 9.48 Å². The van der Waals surface area contributed by atoms with Crippen molar-refractivity contribution in [3.05, 3.63) is 18.0 Å². The van der Waals surface area contributed by atoms with Crippen LogP contribution in [0.4, 0.5) is 0 Å². The molecule has 0 atom stereocenters. The quantitative estimate of drug-likeness (QED) is 0.737. The summed E-state index contributed by atoms with van der Waals surface area (Å²) in [5.74, 6) is 1.32. The van der Waals surface area contributed by atoms with Gasteiger partial charge in [0.15, 0.2) is 0 Å². The van der Waals surface area contributed by atoms with E-state index in [-0.39, 0.29) is 17.5 Å². The summed E-state index contributed by atoms with van der Waals surface area (Å²) < 4.78 is 1.73. The first kappa shape index (κ1) is 17.8. The number of carboxylic acids is 1. The Morgan fingerprint density at radius 1 is 1.35 bits per heavy atom. The van der Waals surface area contributed by atoms with E-state index in [1.807, 2.05) is 16.7 Å². The highest BCUT2D eigenvalue weighted by Crippen LogP contribution is 2.23. The van der Waals surface area contributed by atoms with Gasteiger partial charge < -0.3 is 10.0 Å². The molecule has 0 bridgehead atoms. The van der Waals surface area contributed by atoms with Gasteiger partial charge in [-0.15, -0.1) is 0 Å². The van der Waals surface area contributed by atoms with Crippen LogP contribution >= 0.6 is 11.8 Å². The fourth-order valence-corrected chi connectivity index (χ4v) is 3.71. The van der Waals surface area contributed by atoms with Crippen molar-refractivity contribution in [1.82, 2.24) is 14.7 Å². The molecule has 7 heteroatoms. The van der Waals surface area contributed by atoms with Crippen LogP contribution in [-0.2, 0) is 4.79 Å². The predicted molar refractivity (Wildman–Crippen MR) is 90.9 cm³/mol. The van der Waals surface area contributed by atoms with Gasteiger partial charge in [-0.05, 0) is 25.0 Å². The Hall–Kier alpha value is -1.50. The van der Waals surface area contributed by atoms with Crippen molar-refractivity contribution in [2.24, 2.45) is 0 Å². The fourth-order valence-electron chi connectivity index (χ4n) is 2.69. The van der Waals surface area contributed by atoms with Gasteiger partial charge in [-0.2, -0.15) is 16.9 Å². The van der Waals surface area contributed by atoms with E-state index in [9.17, 15) is 9.59 Å². The summed E-state index contributed by atoms with van der Waals surface area (Å²) in [6.45, 7) is 3.63. The van der Waals surface area contributed by atoms with Crippen LogP contribution in [0.25, 0.3) is 0 Å². The maximum Gasteiger partial charge on any atom is 0.338 e. The topological polar surface area (TPSA) is 75.4 Å². The summed E-state index contributed by atoms with van der Waals surface area (Å²) in [5, 5.41) is 13.1. The number of hydrogen-bond donors (Lipinski definition) is 1. The standard InChI is InChI=1S/C16H25N3O3S/c1-2-3-9-23-10-6-15(20)18-7-4-14(5-8-18)19-12-13(11-17-19)16(21)22/h11-12,14H,2-10H2,1H3,(H,21,22). The van der Waals surface area contributed by atoms with E-state index in [2.05, 4.69) is 12.0 Å². The number of hydrogen-bond acceptors (Lipinski definition) is 4. The van der Waals surface area contributed by atoms with Crippen molar-refractivity contribution in [3.8, 4) is 0 Å². The SMILES string of the molecule is CCCCSCCC(=O)N1CCC(n2cc(C(=O)O)cn2)CC1. The second-order valence-electron chi connectivity index (χ2n) is 5.84. The van der Waals surface area contributed by atoms with Gasteiger partial charge >= 0.3 is 5.97 Å². The Morgan fingerprint density at radius 2 is 2.09 bits per heavy atom. The van der Waals surface area contributed by atoms with Crippen LogP contribution < -0.4 is 0 Å². The molecule has 1 aromatic rings. The largest absolute Gasteiger partial charge is 0.478 e. The summed E-state index contributed by atoms with van der Waals surface area (Å²) in [4.78, 5) is 25.0. The number of nitrogens with zero attached hydrogens (tertiary/aromatic N) is 3. The number of thioether (sulfide) groups is 1. The molecule has 1 saturated heterocycles. The minimum Gasteiger partial charge on any atom is -0.478 e. The zero-order valence-corrected chi connectivity index (χ0v) is 14.4. The molecule has 0 aromatic carbocycles. The molecule has 2 heterocycles. The lowest BCUT2D eigenvalue weighted by atomic mass is 10.1. The molecule has 128 valence electrons. The molecule has 1 amide bonds. The van der Waals surface area contributed by atoms with Gasteiger partial charge in [0.2, 0.25) is 5.91 Å². The van der Waals surface area contributed by atoms with Crippen molar-refractivity contribution in [3.63, 3.8) is 0 Å². The zero-order valence-electron chi connectivity index (χ0n) is 13.6. The lowest BCUT2D eigenvalue weighted by molar-refractivity contribution is -0.132. The maximum atomic E-state index is 12.2. The molecule has 1 fully saturated rings. The van der Waals surface area contributed by atoms with Crippen molar-refractivity contribution in [2.75, 3.05) is 24.6 Å². The van der Waals surface area contributed by atoms with Crippen LogP contribution in [-0.4, -0.2) is 56.3 Å². The van der Waals surface area contributed by atoms with Crippen LogP contribution in [0.2, 0.25) is 0 Å². The predicted octanol–water partition coefficient (Wildman–Crippen LogP) is 2.67. The maximum absolute atomic E-state index is 12.2. The highest BCUT2D eigenvalue weighted by Gasteiger charge is 2.24. The highest BCUT2D eigenvalue weighted by atomic mass is 32.2. The number of carbonyl (C=O) groups is 2. The fraction of sp³-hybridized carbons (Fsp3) is 0.688. The number of rotatable bonds is 8. The third-order valence-electron chi connectivity index (χ3n) is 4.14. The molecule has 1 aromatic heterocycles. The second kappa shape index (κ2) is 8.96. The van der Waals surface area contributed by atoms with E-state index in [4.69, 9.17) is 5.11 Å². The first-order chi connectivity index (χ1) is 11.1. The van der Waals surface area contributed by atoms with Gasteiger partial charge in [0.1, 0.15) is 0 Å². The number of aromatic nitrogens is 2. The molecule has 0 unspecified atom stereocenters. The van der Waals surface area contributed by atoms with E-state index in [0.29, 0.717) is 6.42 Å². The van der Waals surface area contributed by atoms with E-state index < -0.39 is 5.97 Å². The molecular weight excluding hydrogens is 314 g/mol. The average molecular weight is 339 g/mol. The van der Waals surface area contributed by atoms with Gasteiger partial charge in [0, 0.05) is 31.5 Å². The van der Waals surface area contributed by atoms with Crippen molar-refractivity contribution < 1.29 is 14.7 Å². The monoisotopic (exact) mass is 339 g/mol. The van der Waals surface area contributed by atoms with Crippen molar-refractivity contribution >= 4 is 23.6 Å². The highest BCUT2D eigenvalue weighted by molar-refractivity contribution is 7.99. The first-order valence-electron chi connectivity index (χ1n) is 8.24. The smallest absolute Gasteiger partial charge is 0.338 e. The van der Waals surface area contributed by atoms with Crippen LogP contribution in [0.1, 0.15) is 55.4 Å². The van der Waals surface area contributed by atoms with E-state index in [0.717, 1.165) is 37.4 Å².